The summed E-state index contributed by atoms with van der Waals surface area (Å²) in [4.78, 5) is 4.62. The summed E-state index contributed by atoms with van der Waals surface area (Å²) in [7, 11) is 0. The van der Waals surface area contributed by atoms with Gasteiger partial charge in [0, 0.05) is 44.3 Å². The Morgan fingerprint density at radius 2 is 1.65 bits per heavy atom. The van der Waals surface area contributed by atoms with Crippen LogP contribution in [-0.4, -0.2) is 65.9 Å². The molecule has 0 bridgehead atoms. The molecule has 1 saturated heterocycles. The molecule has 1 heterocycles. The van der Waals surface area contributed by atoms with Gasteiger partial charge in [0.15, 0.2) is 0 Å². The molecule has 1 aromatic rings. The van der Waals surface area contributed by atoms with Crippen molar-refractivity contribution in [3.8, 4) is 0 Å². The van der Waals surface area contributed by atoms with Gasteiger partial charge in [-0.25, -0.2) is 0 Å². The quantitative estimate of drug-likeness (QED) is 0.833. The fourth-order valence-electron chi connectivity index (χ4n) is 2.58. The minimum absolute atomic E-state index is 0.227. The van der Waals surface area contributed by atoms with Crippen LogP contribution in [0.3, 0.4) is 0 Å². The maximum Gasteiger partial charge on any atom is 0.0816 e. The first-order chi connectivity index (χ1) is 9.70. The lowest BCUT2D eigenvalue weighted by Gasteiger charge is -2.34. The lowest BCUT2D eigenvalue weighted by Crippen LogP contribution is -2.47. The molecule has 1 aliphatic heterocycles. The molecule has 1 unspecified atom stereocenters. The summed E-state index contributed by atoms with van der Waals surface area (Å²) in [6, 6.07) is 7.47. The summed E-state index contributed by atoms with van der Waals surface area (Å²) in [6.45, 7) is 5.83. The Labute approximate surface area is 125 Å². The molecule has 1 fully saturated rings. The molecule has 0 spiro atoms. The summed E-state index contributed by atoms with van der Waals surface area (Å²) in [5.41, 5.74) is 0.813. The summed E-state index contributed by atoms with van der Waals surface area (Å²) in [5, 5.41) is 19.8. The molecule has 2 N–H and O–H groups in total. The normalized spacial score (nSPS) is 19.1. The molecule has 20 heavy (non-hydrogen) atoms. The summed E-state index contributed by atoms with van der Waals surface area (Å²) < 4.78 is 0. The second-order valence-corrected chi connectivity index (χ2v) is 5.64. The number of piperazine rings is 1. The van der Waals surface area contributed by atoms with Crippen molar-refractivity contribution in [1.29, 1.82) is 0 Å². The van der Waals surface area contributed by atoms with E-state index in [9.17, 15) is 5.11 Å². The Balaban J connectivity index is 1.75. The van der Waals surface area contributed by atoms with E-state index >= 15 is 0 Å². The van der Waals surface area contributed by atoms with E-state index in [2.05, 4.69) is 9.80 Å². The SMILES string of the molecule is OCCN1CCN(CCC(O)c2ccccc2Cl)CC1. The molecule has 0 amide bonds. The van der Waals surface area contributed by atoms with Gasteiger partial charge in [-0.05, 0) is 18.1 Å². The zero-order chi connectivity index (χ0) is 14.4. The van der Waals surface area contributed by atoms with Gasteiger partial charge >= 0.3 is 0 Å². The molecule has 0 radical (unpaired) electrons. The van der Waals surface area contributed by atoms with Crippen LogP contribution in [0.4, 0.5) is 0 Å². The third kappa shape index (κ3) is 4.43. The van der Waals surface area contributed by atoms with E-state index in [1.807, 2.05) is 24.3 Å². The highest BCUT2D eigenvalue weighted by molar-refractivity contribution is 6.31. The van der Waals surface area contributed by atoms with Gasteiger partial charge in [0.1, 0.15) is 0 Å². The van der Waals surface area contributed by atoms with Crippen LogP contribution in [0, 0.1) is 0 Å². The standard InChI is InChI=1S/C15H23ClN2O2/c16-14-4-2-1-3-13(14)15(20)5-6-17-7-9-18(10-8-17)11-12-19/h1-4,15,19-20H,5-12H2. The summed E-state index contributed by atoms with van der Waals surface area (Å²) in [6.07, 6.45) is 0.197. The lowest BCUT2D eigenvalue weighted by atomic mass is 10.1. The molecular formula is C15H23ClN2O2. The minimum Gasteiger partial charge on any atom is -0.395 e. The average Bonchev–Trinajstić information content (AvgIpc) is 2.47. The Morgan fingerprint density at radius 3 is 2.25 bits per heavy atom. The Morgan fingerprint density at radius 1 is 1.05 bits per heavy atom. The van der Waals surface area contributed by atoms with Gasteiger partial charge in [-0.3, -0.25) is 4.90 Å². The predicted molar refractivity (Wildman–Crippen MR) is 81.0 cm³/mol. The van der Waals surface area contributed by atoms with E-state index in [0.717, 1.165) is 44.8 Å². The first kappa shape index (κ1) is 15.7. The van der Waals surface area contributed by atoms with Crippen molar-refractivity contribution < 1.29 is 10.2 Å². The van der Waals surface area contributed by atoms with Gasteiger partial charge in [0.25, 0.3) is 0 Å². The van der Waals surface area contributed by atoms with Crippen LogP contribution < -0.4 is 0 Å². The second-order valence-electron chi connectivity index (χ2n) is 5.23. The third-order valence-corrected chi connectivity index (χ3v) is 4.21. The monoisotopic (exact) mass is 298 g/mol. The third-order valence-electron chi connectivity index (χ3n) is 3.86. The largest absolute Gasteiger partial charge is 0.395 e. The van der Waals surface area contributed by atoms with Crippen molar-refractivity contribution in [1.82, 2.24) is 9.80 Å². The molecule has 0 saturated carbocycles. The van der Waals surface area contributed by atoms with Crippen molar-refractivity contribution >= 4 is 11.6 Å². The first-order valence-corrected chi connectivity index (χ1v) is 7.56. The molecule has 4 nitrogen and oxygen atoms in total. The Kier molecular flexibility index (Phi) is 6.26. The van der Waals surface area contributed by atoms with Crippen LogP contribution in [0.1, 0.15) is 18.1 Å². The van der Waals surface area contributed by atoms with Gasteiger partial charge in [0.05, 0.1) is 12.7 Å². The van der Waals surface area contributed by atoms with E-state index in [0.29, 0.717) is 11.4 Å². The molecule has 0 aliphatic carbocycles. The van der Waals surface area contributed by atoms with Crippen LogP contribution in [0.15, 0.2) is 24.3 Å². The van der Waals surface area contributed by atoms with E-state index in [1.165, 1.54) is 0 Å². The van der Waals surface area contributed by atoms with E-state index in [1.54, 1.807) is 0 Å². The molecule has 5 heteroatoms. The number of benzene rings is 1. The van der Waals surface area contributed by atoms with Crippen LogP contribution in [0.25, 0.3) is 0 Å². The maximum absolute atomic E-state index is 10.2. The highest BCUT2D eigenvalue weighted by atomic mass is 35.5. The number of aliphatic hydroxyl groups excluding tert-OH is 2. The number of nitrogens with zero attached hydrogens (tertiary/aromatic N) is 2. The van der Waals surface area contributed by atoms with Gasteiger partial charge < -0.3 is 15.1 Å². The molecule has 1 aromatic carbocycles. The van der Waals surface area contributed by atoms with Crippen molar-refractivity contribution in [2.24, 2.45) is 0 Å². The van der Waals surface area contributed by atoms with E-state index in [4.69, 9.17) is 16.7 Å². The number of aliphatic hydroxyl groups is 2. The number of rotatable bonds is 6. The second kappa shape index (κ2) is 7.96. The lowest BCUT2D eigenvalue weighted by molar-refractivity contribution is 0.0924. The number of hydrogen-bond acceptors (Lipinski definition) is 4. The van der Waals surface area contributed by atoms with Gasteiger partial charge in [-0.15, -0.1) is 0 Å². The molecule has 0 aromatic heterocycles. The summed E-state index contributed by atoms with van der Waals surface area (Å²) in [5.74, 6) is 0. The highest BCUT2D eigenvalue weighted by Crippen LogP contribution is 2.25. The topological polar surface area (TPSA) is 46.9 Å². The van der Waals surface area contributed by atoms with Crippen LogP contribution in [-0.2, 0) is 0 Å². The highest BCUT2D eigenvalue weighted by Gasteiger charge is 2.18. The number of β-amino-alcohol motifs (C(OH)–C–C–N with tert-alkyl or cyclic N) is 1. The summed E-state index contributed by atoms with van der Waals surface area (Å²) >= 11 is 6.09. The number of halogens is 1. The van der Waals surface area contributed by atoms with Gasteiger partial charge in [0.2, 0.25) is 0 Å². The molecular weight excluding hydrogens is 276 g/mol. The average molecular weight is 299 g/mol. The van der Waals surface area contributed by atoms with Crippen molar-refractivity contribution in [3.63, 3.8) is 0 Å². The van der Waals surface area contributed by atoms with E-state index < -0.39 is 6.10 Å². The fourth-order valence-corrected chi connectivity index (χ4v) is 2.85. The van der Waals surface area contributed by atoms with Crippen LogP contribution >= 0.6 is 11.6 Å². The molecule has 1 aliphatic rings. The van der Waals surface area contributed by atoms with Crippen molar-refractivity contribution in [2.75, 3.05) is 45.9 Å². The van der Waals surface area contributed by atoms with Crippen molar-refractivity contribution in [3.05, 3.63) is 34.9 Å². The molecule has 112 valence electrons. The molecule has 1 atom stereocenters. The fraction of sp³-hybridized carbons (Fsp3) is 0.600. The number of hydrogen-bond donors (Lipinski definition) is 2. The van der Waals surface area contributed by atoms with Crippen molar-refractivity contribution in [2.45, 2.75) is 12.5 Å². The maximum atomic E-state index is 10.2. The first-order valence-electron chi connectivity index (χ1n) is 7.19. The molecule has 2 rings (SSSR count). The smallest absolute Gasteiger partial charge is 0.0816 e. The zero-order valence-corrected chi connectivity index (χ0v) is 12.5. The minimum atomic E-state index is -0.501. The van der Waals surface area contributed by atoms with Crippen LogP contribution in [0.5, 0.6) is 0 Å². The van der Waals surface area contributed by atoms with Crippen LogP contribution in [0.2, 0.25) is 5.02 Å². The van der Waals surface area contributed by atoms with Gasteiger partial charge in [-0.2, -0.15) is 0 Å². The Bertz CT molecular complexity index is 409. The predicted octanol–water partition coefficient (Wildman–Crippen LogP) is 1.37. The zero-order valence-electron chi connectivity index (χ0n) is 11.7. The van der Waals surface area contributed by atoms with Gasteiger partial charge in [-0.1, -0.05) is 29.8 Å². The van der Waals surface area contributed by atoms with E-state index in [-0.39, 0.29) is 6.61 Å². The Hall–Kier alpha value is -0.650.